The first-order valence-electron chi connectivity index (χ1n) is 6.26. The van der Waals surface area contributed by atoms with Crippen molar-refractivity contribution in [2.75, 3.05) is 13.7 Å². The Hall–Kier alpha value is -1.35. The van der Waals surface area contributed by atoms with Gasteiger partial charge in [-0.1, -0.05) is 23.8 Å². The topological polar surface area (TPSA) is 38.3 Å². The van der Waals surface area contributed by atoms with Gasteiger partial charge in [-0.25, -0.2) is 0 Å². The van der Waals surface area contributed by atoms with Gasteiger partial charge in [0.15, 0.2) is 0 Å². The molecule has 0 saturated carbocycles. The average molecular weight is 249 g/mol. The van der Waals surface area contributed by atoms with Gasteiger partial charge in [-0.2, -0.15) is 0 Å². The molecule has 1 aromatic carbocycles. The third-order valence-corrected chi connectivity index (χ3v) is 3.16. The molecule has 0 aliphatic heterocycles. The highest BCUT2D eigenvalue weighted by Crippen LogP contribution is 2.12. The molecule has 0 fully saturated rings. The second-order valence-corrected chi connectivity index (χ2v) is 5.22. The lowest BCUT2D eigenvalue weighted by Gasteiger charge is -2.23. The van der Waals surface area contributed by atoms with E-state index in [1.807, 2.05) is 13.8 Å². The zero-order valence-electron chi connectivity index (χ0n) is 12.0. The molecule has 0 atom stereocenters. The summed E-state index contributed by atoms with van der Waals surface area (Å²) in [5.74, 6) is -0.233. The van der Waals surface area contributed by atoms with Crippen molar-refractivity contribution in [1.82, 2.24) is 5.32 Å². The SMILES string of the molecule is COC(=O)C(C)(C)NCCc1cc(C)ccc1C. The number of rotatable bonds is 5. The van der Waals surface area contributed by atoms with Crippen LogP contribution in [0, 0.1) is 13.8 Å². The third kappa shape index (κ3) is 3.84. The molecule has 0 amide bonds. The predicted molar refractivity (Wildman–Crippen MR) is 73.7 cm³/mol. The molecule has 0 heterocycles. The average Bonchev–Trinajstić information content (AvgIpc) is 2.32. The van der Waals surface area contributed by atoms with Crippen LogP contribution < -0.4 is 5.32 Å². The monoisotopic (exact) mass is 249 g/mol. The van der Waals surface area contributed by atoms with Crippen LogP contribution in [0.5, 0.6) is 0 Å². The number of methoxy groups -OCH3 is 1. The molecule has 0 aromatic heterocycles. The van der Waals surface area contributed by atoms with Crippen LogP contribution in [-0.2, 0) is 16.0 Å². The lowest BCUT2D eigenvalue weighted by molar-refractivity contribution is -0.147. The molecule has 1 aromatic rings. The molecule has 18 heavy (non-hydrogen) atoms. The Balaban J connectivity index is 2.56. The Labute approximate surface area is 110 Å². The Morgan fingerprint density at radius 1 is 1.33 bits per heavy atom. The zero-order chi connectivity index (χ0) is 13.8. The summed E-state index contributed by atoms with van der Waals surface area (Å²) in [5.41, 5.74) is 3.25. The maximum Gasteiger partial charge on any atom is 0.325 e. The third-order valence-electron chi connectivity index (χ3n) is 3.16. The predicted octanol–water partition coefficient (Wildman–Crippen LogP) is 2.39. The van der Waals surface area contributed by atoms with Gasteiger partial charge in [-0.15, -0.1) is 0 Å². The van der Waals surface area contributed by atoms with Crippen LogP contribution in [-0.4, -0.2) is 25.2 Å². The van der Waals surface area contributed by atoms with E-state index in [2.05, 4.69) is 37.4 Å². The van der Waals surface area contributed by atoms with Gasteiger partial charge in [0.2, 0.25) is 0 Å². The highest BCUT2D eigenvalue weighted by molar-refractivity contribution is 5.79. The van der Waals surface area contributed by atoms with Gasteiger partial charge in [0.1, 0.15) is 5.54 Å². The minimum absolute atomic E-state index is 0.233. The molecule has 100 valence electrons. The molecule has 0 spiro atoms. The van der Waals surface area contributed by atoms with E-state index in [-0.39, 0.29) is 5.97 Å². The normalized spacial score (nSPS) is 11.4. The first-order chi connectivity index (χ1) is 8.36. The number of carbonyl (C=O) groups excluding carboxylic acids is 1. The summed E-state index contributed by atoms with van der Waals surface area (Å²) in [6.45, 7) is 8.63. The second-order valence-electron chi connectivity index (χ2n) is 5.22. The summed E-state index contributed by atoms with van der Waals surface area (Å²) in [7, 11) is 1.41. The molecule has 0 aliphatic carbocycles. The van der Waals surface area contributed by atoms with Crippen LogP contribution in [0.25, 0.3) is 0 Å². The van der Waals surface area contributed by atoms with Crippen LogP contribution >= 0.6 is 0 Å². The summed E-state index contributed by atoms with van der Waals surface area (Å²) >= 11 is 0. The minimum Gasteiger partial charge on any atom is -0.468 e. The second kappa shape index (κ2) is 6.01. The van der Waals surface area contributed by atoms with Crippen molar-refractivity contribution >= 4 is 5.97 Å². The molecular formula is C15H23NO2. The van der Waals surface area contributed by atoms with Crippen molar-refractivity contribution in [2.45, 2.75) is 39.7 Å². The molecule has 0 unspecified atom stereocenters. The molecule has 0 aliphatic rings. The summed E-state index contributed by atoms with van der Waals surface area (Å²) < 4.78 is 4.76. The molecule has 0 radical (unpaired) electrons. The van der Waals surface area contributed by atoms with Gasteiger partial charge in [0.25, 0.3) is 0 Å². The fourth-order valence-corrected chi connectivity index (χ4v) is 1.91. The van der Waals surface area contributed by atoms with E-state index in [1.54, 1.807) is 0 Å². The van der Waals surface area contributed by atoms with Crippen LogP contribution in [0.15, 0.2) is 18.2 Å². The smallest absolute Gasteiger partial charge is 0.325 e. The lowest BCUT2D eigenvalue weighted by atomic mass is 10.0. The van der Waals surface area contributed by atoms with Gasteiger partial charge in [-0.3, -0.25) is 4.79 Å². The van der Waals surface area contributed by atoms with Crippen LogP contribution in [0.3, 0.4) is 0 Å². The highest BCUT2D eigenvalue weighted by Gasteiger charge is 2.27. The van der Waals surface area contributed by atoms with Gasteiger partial charge >= 0.3 is 5.97 Å². The largest absolute Gasteiger partial charge is 0.468 e. The molecule has 3 heteroatoms. The van der Waals surface area contributed by atoms with E-state index in [9.17, 15) is 4.79 Å². The number of carbonyl (C=O) groups is 1. The molecule has 3 nitrogen and oxygen atoms in total. The minimum atomic E-state index is -0.632. The first-order valence-corrected chi connectivity index (χ1v) is 6.26. The quantitative estimate of drug-likeness (QED) is 0.814. The number of esters is 1. The Bertz CT molecular complexity index is 425. The van der Waals surface area contributed by atoms with E-state index in [0.717, 1.165) is 13.0 Å². The van der Waals surface area contributed by atoms with E-state index in [0.29, 0.717) is 0 Å². The maximum absolute atomic E-state index is 11.5. The van der Waals surface area contributed by atoms with Crippen molar-refractivity contribution < 1.29 is 9.53 Å². The van der Waals surface area contributed by atoms with Gasteiger partial charge in [0.05, 0.1) is 7.11 Å². The number of ether oxygens (including phenoxy) is 1. The summed E-state index contributed by atoms with van der Waals surface area (Å²) in [5, 5.41) is 3.23. The zero-order valence-corrected chi connectivity index (χ0v) is 12.0. The lowest BCUT2D eigenvalue weighted by Crippen LogP contribution is -2.48. The Morgan fingerprint density at radius 2 is 2.00 bits per heavy atom. The Morgan fingerprint density at radius 3 is 2.61 bits per heavy atom. The van der Waals surface area contributed by atoms with Gasteiger partial charge in [0, 0.05) is 6.54 Å². The Kier molecular flexibility index (Phi) is 4.91. The maximum atomic E-state index is 11.5. The van der Waals surface area contributed by atoms with Crippen molar-refractivity contribution in [3.63, 3.8) is 0 Å². The summed E-state index contributed by atoms with van der Waals surface area (Å²) in [6.07, 6.45) is 0.911. The van der Waals surface area contributed by atoms with E-state index in [1.165, 1.54) is 23.8 Å². The van der Waals surface area contributed by atoms with E-state index in [4.69, 9.17) is 4.74 Å². The molecule has 1 N–H and O–H groups in total. The van der Waals surface area contributed by atoms with E-state index < -0.39 is 5.54 Å². The van der Waals surface area contributed by atoms with Crippen molar-refractivity contribution in [2.24, 2.45) is 0 Å². The summed E-state index contributed by atoms with van der Waals surface area (Å²) in [6, 6.07) is 6.45. The number of nitrogens with one attached hydrogen (secondary N) is 1. The molecule has 0 saturated heterocycles. The van der Waals surface area contributed by atoms with Crippen molar-refractivity contribution in [3.05, 3.63) is 34.9 Å². The molecule has 1 rings (SSSR count). The molecular weight excluding hydrogens is 226 g/mol. The number of hydrogen-bond donors (Lipinski definition) is 1. The molecule has 0 bridgehead atoms. The van der Waals surface area contributed by atoms with Crippen molar-refractivity contribution in [3.8, 4) is 0 Å². The highest BCUT2D eigenvalue weighted by atomic mass is 16.5. The van der Waals surface area contributed by atoms with E-state index >= 15 is 0 Å². The van der Waals surface area contributed by atoms with Crippen LogP contribution in [0.1, 0.15) is 30.5 Å². The van der Waals surface area contributed by atoms with Gasteiger partial charge < -0.3 is 10.1 Å². The fraction of sp³-hybridized carbons (Fsp3) is 0.533. The fourth-order valence-electron chi connectivity index (χ4n) is 1.91. The van der Waals surface area contributed by atoms with Crippen molar-refractivity contribution in [1.29, 1.82) is 0 Å². The van der Waals surface area contributed by atoms with Crippen LogP contribution in [0.2, 0.25) is 0 Å². The van der Waals surface area contributed by atoms with Crippen LogP contribution in [0.4, 0.5) is 0 Å². The number of hydrogen-bond acceptors (Lipinski definition) is 3. The van der Waals surface area contributed by atoms with Gasteiger partial charge in [-0.05, 0) is 45.2 Å². The standard InChI is InChI=1S/C15H23NO2/c1-11-6-7-12(2)13(10-11)8-9-16-15(3,4)14(17)18-5/h6-7,10,16H,8-9H2,1-5H3. The first kappa shape index (κ1) is 14.7. The number of aryl methyl sites for hydroxylation is 2. The number of benzene rings is 1. The summed E-state index contributed by atoms with van der Waals surface area (Å²) in [4.78, 5) is 11.5.